The molecular weight excluding hydrogens is 433 g/mol. The summed E-state index contributed by atoms with van der Waals surface area (Å²) in [7, 11) is -3.05. The van der Waals surface area contributed by atoms with Gasteiger partial charge in [0.1, 0.15) is 21.7 Å². The minimum Gasteiger partial charge on any atom is -0.641 e. The van der Waals surface area contributed by atoms with E-state index in [1.54, 1.807) is 54.6 Å². The molecule has 1 unspecified atom stereocenters. The van der Waals surface area contributed by atoms with Crippen molar-refractivity contribution >= 4 is 26.9 Å². The van der Waals surface area contributed by atoms with Crippen LogP contribution < -0.4 is 0 Å². The Morgan fingerprint density at radius 3 is 2.45 bits per heavy atom. The van der Waals surface area contributed by atoms with Crippen LogP contribution >= 0.6 is 11.3 Å². The van der Waals surface area contributed by atoms with Gasteiger partial charge in [-0.3, -0.25) is 0 Å². The topological polar surface area (TPSA) is 68.9 Å². The highest BCUT2D eigenvalue weighted by atomic mass is 32.2. The number of hydrogen-bond acceptors (Lipinski definition) is 5. The zero-order valence-electron chi connectivity index (χ0n) is 17.0. The summed E-state index contributed by atoms with van der Waals surface area (Å²) in [6.45, 7) is 2.01. The van der Waals surface area contributed by atoms with Crippen LogP contribution in [0, 0.1) is 11.0 Å². The molecule has 0 bridgehead atoms. The summed E-state index contributed by atoms with van der Waals surface area (Å²) < 4.78 is 27.1. The summed E-state index contributed by atoms with van der Waals surface area (Å²) in [5, 5.41) is 14.0. The first-order valence-corrected chi connectivity index (χ1v) is 12.4. The van der Waals surface area contributed by atoms with Crippen LogP contribution in [0.4, 0.5) is 10.2 Å². The van der Waals surface area contributed by atoms with Crippen molar-refractivity contribution in [3.05, 3.63) is 89.0 Å². The van der Waals surface area contributed by atoms with Crippen molar-refractivity contribution in [2.24, 2.45) is 0 Å². The average Bonchev–Trinajstić information content (AvgIpc) is 3.24. The van der Waals surface area contributed by atoms with E-state index in [2.05, 4.69) is 4.98 Å². The fourth-order valence-corrected chi connectivity index (χ4v) is 5.45. The Morgan fingerprint density at radius 2 is 1.77 bits per heavy atom. The molecule has 0 spiro atoms. The summed E-state index contributed by atoms with van der Waals surface area (Å²) in [6.07, 6.45) is 3.69. The van der Waals surface area contributed by atoms with E-state index >= 15 is 0 Å². The molecule has 0 aliphatic carbocycles. The Hall–Kier alpha value is -2.94. The third-order valence-corrected chi connectivity index (χ3v) is 8.00. The summed E-state index contributed by atoms with van der Waals surface area (Å²) >= 11 is 1.51. The molecule has 1 atom stereocenters. The van der Waals surface area contributed by atoms with Gasteiger partial charge in [-0.1, -0.05) is 25.1 Å². The lowest BCUT2D eigenvalue weighted by Crippen LogP contribution is -2.12. The number of aromatic nitrogens is 2. The zero-order chi connectivity index (χ0) is 22.0. The molecule has 0 radical (unpaired) electrons. The second-order valence-corrected chi connectivity index (χ2v) is 10.4. The molecule has 8 heteroatoms. The van der Waals surface area contributed by atoms with Gasteiger partial charge < -0.3 is 5.21 Å². The average molecular weight is 454 g/mol. The van der Waals surface area contributed by atoms with Crippen LogP contribution in [-0.4, -0.2) is 24.5 Å². The van der Waals surface area contributed by atoms with Crippen molar-refractivity contribution in [1.29, 1.82) is 0 Å². The quantitative estimate of drug-likeness (QED) is 0.280. The molecule has 0 fully saturated rings. The van der Waals surface area contributed by atoms with E-state index in [0.29, 0.717) is 9.00 Å². The highest BCUT2D eigenvalue weighted by Crippen LogP contribution is 2.38. The fraction of sp³-hybridized carbons (Fsp3) is 0.130. The molecule has 0 saturated carbocycles. The molecule has 0 aliphatic heterocycles. The first kappa shape index (κ1) is 21.3. The van der Waals surface area contributed by atoms with E-state index in [9.17, 15) is 13.8 Å². The smallest absolute Gasteiger partial charge is 0.327 e. The van der Waals surface area contributed by atoms with Gasteiger partial charge in [-0.05, 0) is 53.9 Å². The van der Waals surface area contributed by atoms with Gasteiger partial charge in [0.05, 0.1) is 20.5 Å². The van der Waals surface area contributed by atoms with Crippen molar-refractivity contribution in [2.75, 3.05) is 6.26 Å². The molecule has 0 saturated heterocycles. The molecular formula is C23H20FN3O2S2. The summed E-state index contributed by atoms with van der Waals surface area (Å²) in [5.74, 6) is -0.256. The maximum absolute atomic E-state index is 13.4. The van der Waals surface area contributed by atoms with Gasteiger partial charge in [0.25, 0.3) is 0 Å². The number of pyridine rings is 1. The number of thiazole rings is 1. The number of benzene rings is 2. The number of aryl methyl sites for hydroxylation is 1. The van der Waals surface area contributed by atoms with Crippen LogP contribution in [-0.2, 0) is 16.1 Å². The van der Waals surface area contributed by atoms with E-state index in [1.807, 2.05) is 6.92 Å². The standard InChI is InChI=1S/C23H20FN3O2S2/c1-3-21-26-22(16-9-11-18(24)12-10-16)23(30-21)17-13-14-25-20(15-17)27(28)31(2,29)19-7-5-4-6-8-19/h4-15H,3H2,1-2H3. The Bertz CT molecular complexity index is 1340. The van der Waals surface area contributed by atoms with Crippen molar-refractivity contribution in [3.8, 4) is 21.7 Å². The van der Waals surface area contributed by atoms with Crippen molar-refractivity contribution in [1.82, 2.24) is 9.97 Å². The third-order valence-electron chi connectivity index (χ3n) is 4.78. The molecule has 5 nitrogen and oxygen atoms in total. The van der Waals surface area contributed by atoms with Gasteiger partial charge in [0, 0.05) is 23.4 Å². The van der Waals surface area contributed by atoms with E-state index in [1.165, 1.54) is 35.9 Å². The Labute approximate surface area is 184 Å². The minimum absolute atomic E-state index is 0.0605. The minimum atomic E-state index is -3.05. The monoisotopic (exact) mass is 453 g/mol. The van der Waals surface area contributed by atoms with Crippen LogP contribution in [0.5, 0.6) is 0 Å². The molecule has 4 rings (SSSR count). The maximum Gasteiger partial charge on any atom is 0.327 e. The summed E-state index contributed by atoms with van der Waals surface area (Å²) in [5.41, 5.74) is 2.25. The molecule has 2 heterocycles. The molecule has 31 heavy (non-hydrogen) atoms. The van der Waals surface area contributed by atoms with Crippen LogP contribution in [0.25, 0.3) is 21.7 Å². The highest BCUT2D eigenvalue weighted by Gasteiger charge is 2.19. The Kier molecular flexibility index (Phi) is 5.95. The van der Waals surface area contributed by atoms with Gasteiger partial charge in [-0.15, -0.1) is 11.3 Å². The lowest BCUT2D eigenvalue weighted by atomic mass is 10.1. The SMILES string of the molecule is CCc1nc(-c2ccc(F)cc2)c(-c2ccnc([N+]([O-])=S(C)(=O)c3ccccc3)c2)s1. The summed E-state index contributed by atoms with van der Waals surface area (Å²) in [4.78, 5) is 10.2. The summed E-state index contributed by atoms with van der Waals surface area (Å²) in [6, 6.07) is 18.2. The molecule has 0 amide bonds. The van der Waals surface area contributed by atoms with Crippen molar-refractivity contribution < 1.29 is 12.7 Å². The van der Waals surface area contributed by atoms with Crippen LogP contribution in [0.1, 0.15) is 11.9 Å². The normalized spacial score (nSPS) is 13.0. The lowest BCUT2D eigenvalue weighted by molar-refractivity contribution is -0.339. The number of halogens is 1. The van der Waals surface area contributed by atoms with Crippen LogP contribution in [0.3, 0.4) is 0 Å². The molecule has 4 aromatic rings. The molecule has 0 aliphatic rings. The largest absolute Gasteiger partial charge is 0.641 e. The predicted molar refractivity (Wildman–Crippen MR) is 122 cm³/mol. The van der Waals surface area contributed by atoms with Crippen molar-refractivity contribution in [2.45, 2.75) is 18.2 Å². The molecule has 0 N–H and O–H groups in total. The maximum atomic E-state index is 13.4. The number of rotatable bonds is 5. The van der Waals surface area contributed by atoms with Gasteiger partial charge in [-0.25, -0.2) is 17.7 Å². The zero-order valence-corrected chi connectivity index (χ0v) is 18.6. The van der Waals surface area contributed by atoms with Gasteiger partial charge in [-0.2, -0.15) is 0 Å². The Morgan fingerprint density at radius 1 is 1.06 bits per heavy atom. The van der Waals surface area contributed by atoms with Crippen LogP contribution in [0.15, 0.2) is 77.8 Å². The predicted octanol–water partition coefficient (Wildman–Crippen LogP) is 5.87. The second kappa shape index (κ2) is 8.66. The first-order chi connectivity index (χ1) is 14.9. The van der Waals surface area contributed by atoms with E-state index in [0.717, 1.165) is 33.1 Å². The first-order valence-electron chi connectivity index (χ1n) is 9.64. The molecule has 2 aromatic heterocycles. The second-order valence-electron chi connectivity index (χ2n) is 6.92. The van der Waals surface area contributed by atoms with E-state index < -0.39 is 9.73 Å². The fourth-order valence-electron chi connectivity index (χ4n) is 3.12. The Balaban J connectivity index is 1.85. The highest BCUT2D eigenvalue weighted by molar-refractivity contribution is 7.90. The van der Waals surface area contributed by atoms with Gasteiger partial charge in [0.15, 0.2) is 0 Å². The van der Waals surface area contributed by atoms with Crippen LogP contribution in [0.2, 0.25) is 0 Å². The van der Waals surface area contributed by atoms with Crippen molar-refractivity contribution in [3.63, 3.8) is 0 Å². The number of nitrogens with zero attached hydrogens (tertiary/aromatic N) is 3. The molecule has 2 aromatic carbocycles. The third kappa shape index (κ3) is 4.27. The number of hydrogen-bond donors (Lipinski definition) is 0. The van der Waals surface area contributed by atoms with E-state index in [-0.39, 0.29) is 11.6 Å². The van der Waals surface area contributed by atoms with Gasteiger partial charge >= 0.3 is 5.82 Å². The molecule has 158 valence electrons. The van der Waals surface area contributed by atoms with Gasteiger partial charge in [0.2, 0.25) is 0 Å². The van der Waals surface area contributed by atoms with E-state index in [4.69, 9.17) is 4.98 Å². The lowest BCUT2D eigenvalue weighted by Gasteiger charge is -2.14.